The van der Waals surface area contributed by atoms with Crippen molar-refractivity contribution in [2.45, 2.75) is 39.5 Å². The van der Waals surface area contributed by atoms with Crippen LogP contribution >= 0.6 is 23.2 Å². The lowest BCUT2D eigenvalue weighted by Gasteiger charge is -2.20. The maximum absolute atomic E-state index is 15.2. The fraction of sp³-hybridized carbons (Fsp3) is 0.237. The summed E-state index contributed by atoms with van der Waals surface area (Å²) in [5.74, 6) is -1.77. The maximum Gasteiger partial charge on any atom is 0.145 e. The molecule has 1 atom stereocenters. The molecule has 2 N–H and O–H groups in total. The summed E-state index contributed by atoms with van der Waals surface area (Å²) in [5.41, 5.74) is 10.4. The van der Waals surface area contributed by atoms with Gasteiger partial charge in [0.25, 0.3) is 0 Å². The van der Waals surface area contributed by atoms with E-state index in [1.807, 2.05) is 45.0 Å². The smallest absolute Gasteiger partial charge is 0.145 e. The summed E-state index contributed by atoms with van der Waals surface area (Å²) in [6.07, 6.45) is 3.17. The molecule has 48 heavy (non-hydrogen) atoms. The first-order chi connectivity index (χ1) is 23.1. The monoisotopic (exact) mass is 694 g/mol. The van der Waals surface area contributed by atoms with Gasteiger partial charge in [-0.1, -0.05) is 48.7 Å². The van der Waals surface area contributed by atoms with Gasteiger partial charge in [0.15, 0.2) is 0 Å². The number of nitrogens with zero attached hydrogens (tertiary/aromatic N) is 3. The average molecular weight is 696 g/mol. The third kappa shape index (κ3) is 8.81. The molecule has 0 saturated carbocycles. The van der Waals surface area contributed by atoms with Crippen LogP contribution in [0.2, 0.25) is 10.0 Å². The van der Waals surface area contributed by atoms with Gasteiger partial charge in [-0.25, -0.2) is 18.2 Å². The van der Waals surface area contributed by atoms with Crippen LogP contribution in [0.3, 0.4) is 0 Å². The highest BCUT2D eigenvalue weighted by Gasteiger charge is 2.22. The van der Waals surface area contributed by atoms with E-state index < -0.39 is 17.6 Å². The highest BCUT2D eigenvalue weighted by molar-refractivity contribution is 6.32. The number of pyridine rings is 2. The van der Waals surface area contributed by atoms with Crippen LogP contribution in [0.4, 0.5) is 13.2 Å². The summed E-state index contributed by atoms with van der Waals surface area (Å²) in [5, 5.41) is 1.17. The normalized spacial score (nSPS) is 11.5. The number of ether oxygens (including phenoxy) is 1. The number of aliphatic imine (C=N–C) groups is 1. The van der Waals surface area contributed by atoms with Crippen LogP contribution in [-0.4, -0.2) is 36.9 Å². The van der Waals surface area contributed by atoms with Gasteiger partial charge < -0.3 is 10.5 Å². The van der Waals surface area contributed by atoms with Crippen molar-refractivity contribution in [1.82, 2.24) is 9.97 Å². The van der Waals surface area contributed by atoms with Crippen LogP contribution in [0.1, 0.15) is 52.9 Å². The number of methoxy groups -OCH3 is 1. The van der Waals surface area contributed by atoms with E-state index in [2.05, 4.69) is 23.9 Å². The molecule has 0 aliphatic heterocycles. The first-order valence-corrected chi connectivity index (χ1v) is 16.0. The highest BCUT2D eigenvalue weighted by atomic mass is 35.5. The van der Waals surface area contributed by atoms with Gasteiger partial charge in [0, 0.05) is 29.1 Å². The molecule has 0 bridgehead atoms. The zero-order valence-electron chi connectivity index (χ0n) is 27.7. The fourth-order valence-electron chi connectivity index (χ4n) is 5.30. The Kier molecular flexibility index (Phi) is 14.2. The molecule has 0 saturated heterocycles. The van der Waals surface area contributed by atoms with E-state index in [-0.39, 0.29) is 22.9 Å². The first kappa shape index (κ1) is 38.2. The summed E-state index contributed by atoms with van der Waals surface area (Å²) in [6.45, 7) is 12.1. The van der Waals surface area contributed by atoms with Gasteiger partial charge in [-0.15, -0.1) is 13.2 Å². The van der Waals surface area contributed by atoms with Gasteiger partial charge >= 0.3 is 0 Å². The third-order valence-electron chi connectivity index (χ3n) is 7.54. The van der Waals surface area contributed by atoms with Crippen molar-refractivity contribution in [1.29, 1.82) is 0 Å². The number of benzene rings is 3. The van der Waals surface area contributed by atoms with Crippen LogP contribution in [0.25, 0.3) is 22.2 Å². The molecule has 2 aromatic heterocycles. The summed E-state index contributed by atoms with van der Waals surface area (Å²) in [6, 6.07) is 15.8. The molecule has 3 aromatic carbocycles. The standard InChI is InChI=1S/C35H30Cl2F3N3O.C2H4.CH5N/c1-5-6-25-19(2)11-32(43-35(25)26-15-29(37)31(40)16-30(26)39)27(22-7-9-24(38)10-8-22)18-41-17-21-12-23-14-28(36)20(3)42-34(23)33(13-21)44-4;2*1-2/h7-17,27H,5-6,18H2,1-4H3;1-2H2;2H2,1H3. The van der Waals surface area contributed by atoms with E-state index in [0.29, 0.717) is 39.8 Å². The minimum atomic E-state index is -0.838. The predicted octanol–water partition coefficient (Wildman–Crippen LogP) is 10.2. The number of nitrogens with two attached hydrogens (primary N) is 1. The Morgan fingerprint density at radius 1 is 0.917 bits per heavy atom. The van der Waals surface area contributed by atoms with Crippen molar-refractivity contribution < 1.29 is 17.9 Å². The predicted molar refractivity (Wildman–Crippen MR) is 193 cm³/mol. The molecule has 0 spiro atoms. The van der Waals surface area contributed by atoms with E-state index >= 15 is 4.39 Å². The van der Waals surface area contributed by atoms with Gasteiger partial charge in [0.1, 0.15) is 28.7 Å². The molecular weight excluding hydrogens is 656 g/mol. The van der Waals surface area contributed by atoms with Gasteiger partial charge in [-0.2, -0.15) is 0 Å². The second-order valence-electron chi connectivity index (χ2n) is 10.6. The number of aromatic nitrogens is 2. The Morgan fingerprint density at radius 2 is 1.60 bits per heavy atom. The summed E-state index contributed by atoms with van der Waals surface area (Å²) in [4.78, 5) is 14.3. The molecule has 2 heterocycles. The van der Waals surface area contributed by atoms with Crippen molar-refractivity contribution in [2.75, 3.05) is 20.7 Å². The molecule has 0 aliphatic carbocycles. The minimum absolute atomic E-state index is 0.122. The number of rotatable bonds is 9. The minimum Gasteiger partial charge on any atom is -0.494 e. The van der Waals surface area contributed by atoms with Gasteiger partial charge in [0.05, 0.1) is 40.8 Å². The Hall–Kier alpha value is -4.24. The lowest BCUT2D eigenvalue weighted by molar-refractivity contribution is 0.419. The highest BCUT2D eigenvalue weighted by Crippen LogP contribution is 2.35. The van der Waals surface area contributed by atoms with Crippen LogP contribution in [0.15, 0.2) is 78.8 Å². The zero-order valence-corrected chi connectivity index (χ0v) is 29.2. The van der Waals surface area contributed by atoms with Gasteiger partial charge in [-0.3, -0.25) is 9.98 Å². The number of fused-ring (bicyclic) bond motifs is 1. The molecule has 1 unspecified atom stereocenters. The zero-order chi connectivity index (χ0) is 35.5. The number of hydrogen-bond donors (Lipinski definition) is 1. The Labute approximate surface area is 290 Å². The number of halogens is 5. The summed E-state index contributed by atoms with van der Waals surface area (Å²) >= 11 is 12.4. The van der Waals surface area contributed by atoms with E-state index in [0.717, 1.165) is 40.1 Å². The van der Waals surface area contributed by atoms with E-state index in [1.165, 1.54) is 25.2 Å². The van der Waals surface area contributed by atoms with Crippen molar-refractivity contribution in [3.05, 3.63) is 135 Å². The summed E-state index contributed by atoms with van der Waals surface area (Å²) in [7, 11) is 3.08. The molecule has 0 aliphatic rings. The van der Waals surface area contributed by atoms with Crippen molar-refractivity contribution in [3.8, 4) is 17.0 Å². The quantitative estimate of drug-likeness (QED) is 0.0947. The molecule has 5 aromatic rings. The van der Waals surface area contributed by atoms with E-state index in [1.54, 1.807) is 25.5 Å². The molecule has 0 amide bonds. The third-order valence-corrected chi connectivity index (χ3v) is 8.22. The Morgan fingerprint density at radius 3 is 2.25 bits per heavy atom. The first-order valence-electron chi connectivity index (χ1n) is 15.2. The molecule has 0 radical (unpaired) electrons. The second kappa shape index (κ2) is 17.8. The Balaban J connectivity index is 0.00000151. The van der Waals surface area contributed by atoms with Crippen LogP contribution in [0.5, 0.6) is 5.75 Å². The maximum atomic E-state index is 15.2. The molecular formula is C38H39Cl2F3N4O. The molecule has 5 rings (SSSR count). The average Bonchev–Trinajstić information content (AvgIpc) is 3.08. The topological polar surface area (TPSA) is 73.4 Å². The van der Waals surface area contributed by atoms with Crippen molar-refractivity contribution >= 4 is 40.3 Å². The Bertz CT molecular complexity index is 1900. The molecule has 252 valence electrons. The largest absolute Gasteiger partial charge is 0.494 e. The number of aryl methyl sites for hydroxylation is 2. The number of hydrogen-bond acceptors (Lipinski definition) is 5. The van der Waals surface area contributed by atoms with Crippen LogP contribution in [0, 0.1) is 31.3 Å². The summed E-state index contributed by atoms with van der Waals surface area (Å²) < 4.78 is 48.7. The molecule has 5 nitrogen and oxygen atoms in total. The fourth-order valence-corrected chi connectivity index (χ4v) is 5.62. The van der Waals surface area contributed by atoms with E-state index in [4.69, 9.17) is 37.9 Å². The SMILES string of the molecule is C=C.CCCc1c(C)cc(C(CN=Cc2cc(OC)c3nc(C)c(Cl)cc3c2)c2ccc(F)cc2)nc1-c1cc(Cl)c(F)cc1F.CN. The van der Waals surface area contributed by atoms with Crippen LogP contribution < -0.4 is 10.5 Å². The van der Waals surface area contributed by atoms with Gasteiger partial charge in [0.2, 0.25) is 0 Å². The lowest BCUT2D eigenvalue weighted by atomic mass is 9.90. The van der Waals surface area contributed by atoms with Gasteiger partial charge in [-0.05, 0) is 92.0 Å². The molecule has 10 heteroatoms. The second-order valence-corrected chi connectivity index (χ2v) is 11.5. The van der Waals surface area contributed by atoms with Crippen LogP contribution in [-0.2, 0) is 6.42 Å². The lowest BCUT2D eigenvalue weighted by Crippen LogP contribution is -2.11. The van der Waals surface area contributed by atoms with E-state index in [9.17, 15) is 8.78 Å². The van der Waals surface area contributed by atoms with Crippen molar-refractivity contribution in [2.24, 2.45) is 10.7 Å². The molecule has 0 fully saturated rings. The van der Waals surface area contributed by atoms with Crippen molar-refractivity contribution in [3.63, 3.8) is 0 Å².